The first-order valence-corrected chi connectivity index (χ1v) is 10.2. The molecule has 0 aliphatic heterocycles. The SMILES string of the molecule is CC1CC#CCC1C.CC1CC=CCC1C.CC1CC=CCC1C. The van der Waals surface area contributed by atoms with Crippen LogP contribution >= 0.6 is 0 Å². The molecule has 24 heavy (non-hydrogen) atoms. The van der Waals surface area contributed by atoms with Crippen LogP contribution in [-0.4, -0.2) is 0 Å². The Bertz CT molecular complexity index is 380. The lowest BCUT2D eigenvalue weighted by Gasteiger charge is -2.19. The Morgan fingerprint density at radius 3 is 0.875 bits per heavy atom. The molecule has 0 spiro atoms. The Labute approximate surface area is 152 Å². The van der Waals surface area contributed by atoms with E-state index >= 15 is 0 Å². The van der Waals surface area contributed by atoms with E-state index < -0.39 is 0 Å². The van der Waals surface area contributed by atoms with E-state index in [1.54, 1.807) is 0 Å². The molecule has 0 saturated carbocycles. The standard InChI is InChI=1S/2C8H14.C8H12/c3*1-7-5-3-4-6-8(7)2/h2*3-4,7-8H,5-6H2,1-2H3;7-8H,5-6H2,1-2H3. The Hall–Kier alpha value is -0.960. The molecular weight excluding hydrogens is 288 g/mol. The summed E-state index contributed by atoms with van der Waals surface area (Å²) in [6, 6.07) is 0. The van der Waals surface area contributed by atoms with Crippen LogP contribution in [0.3, 0.4) is 0 Å². The fourth-order valence-corrected chi connectivity index (χ4v) is 3.04. The predicted octanol–water partition coefficient (Wildman–Crippen LogP) is 7.27. The highest BCUT2D eigenvalue weighted by molar-refractivity contribution is 5.05. The van der Waals surface area contributed by atoms with Crippen molar-refractivity contribution in [2.45, 2.75) is 80.1 Å². The molecule has 0 aromatic heterocycles. The summed E-state index contributed by atoms with van der Waals surface area (Å²) in [5.41, 5.74) is 0. The molecule has 6 unspecified atom stereocenters. The van der Waals surface area contributed by atoms with Crippen LogP contribution in [0.2, 0.25) is 0 Å². The maximum atomic E-state index is 3.11. The maximum absolute atomic E-state index is 3.11. The van der Waals surface area contributed by atoms with Crippen molar-refractivity contribution >= 4 is 0 Å². The van der Waals surface area contributed by atoms with Gasteiger partial charge in [0.25, 0.3) is 0 Å². The molecule has 3 aliphatic carbocycles. The zero-order valence-electron chi connectivity index (χ0n) is 17.0. The Morgan fingerprint density at radius 1 is 0.458 bits per heavy atom. The summed E-state index contributed by atoms with van der Waals surface area (Å²) in [5.74, 6) is 11.6. The minimum Gasteiger partial charge on any atom is -0.103 e. The molecule has 0 saturated heterocycles. The molecule has 3 aliphatic rings. The van der Waals surface area contributed by atoms with Crippen molar-refractivity contribution in [3.63, 3.8) is 0 Å². The highest BCUT2D eigenvalue weighted by atomic mass is 14.2. The third kappa shape index (κ3) is 8.23. The van der Waals surface area contributed by atoms with Gasteiger partial charge in [-0.2, -0.15) is 0 Å². The lowest BCUT2D eigenvalue weighted by atomic mass is 9.86. The molecule has 0 N–H and O–H groups in total. The summed E-state index contributed by atoms with van der Waals surface area (Å²) < 4.78 is 0. The van der Waals surface area contributed by atoms with Gasteiger partial charge in [0.2, 0.25) is 0 Å². The van der Waals surface area contributed by atoms with Crippen molar-refractivity contribution in [3.8, 4) is 11.8 Å². The third-order valence-corrected chi connectivity index (χ3v) is 6.25. The van der Waals surface area contributed by atoms with E-state index in [9.17, 15) is 0 Å². The van der Waals surface area contributed by atoms with Crippen LogP contribution in [0.4, 0.5) is 0 Å². The zero-order chi connectivity index (χ0) is 17.9. The Balaban J connectivity index is 0.000000180. The highest BCUT2D eigenvalue weighted by Gasteiger charge is 2.12. The normalized spacial score (nSPS) is 37.1. The van der Waals surface area contributed by atoms with E-state index in [0.717, 1.165) is 48.3 Å². The molecule has 0 heterocycles. The average Bonchev–Trinajstić information content (AvgIpc) is 2.57. The summed E-state index contributed by atoms with van der Waals surface area (Å²) in [7, 11) is 0. The van der Waals surface area contributed by atoms with Gasteiger partial charge in [0.05, 0.1) is 0 Å². The summed E-state index contributed by atoms with van der Waals surface area (Å²) in [6.07, 6.45) is 16.6. The predicted molar refractivity (Wildman–Crippen MR) is 109 cm³/mol. The largest absolute Gasteiger partial charge is 0.103 e. The fourth-order valence-electron chi connectivity index (χ4n) is 3.04. The van der Waals surface area contributed by atoms with Gasteiger partial charge in [-0.1, -0.05) is 65.8 Å². The van der Waals surface area contributed by atoms with E-state index in [-0.39, 0.29) is 0 Å². The molecule has 0 bridgehead atoms. The van der Waals surface area contributed by atoms with Crippen LogP contribution < -0.4 is 0 Å². The third-order valence-electron chi connectivity index (χ3n) is 6.25. The van der Waals surface area contributed by atoms with Crippen molar-refractivity contribution in [2.75, 3.05) is 0 Å². The topological polar surface area (TPSA) is 0 Å². The first-order chi connectivity index (χ1) is 11.4. The Kier molecular flexibility index (Phi) is 10.2. The molecule has 0 aromatic carbocycles. The highest BCUT2D eigenvalue weighted by Crippen LogP contribution is 2.24. The molecule has 0 aromatic rings. The monoisotopic (exact) mass is 328 g/mol. The fraction of sp³-hybridized carbons (Fsp3) is 0.750. The van der Waals surface area contributed by atoms with Crippen molar-refractivity contribution in [1.29, 1.82) is 0 Å². The van der Waals surface area contributed by atoms with E-state index in [2.05, 4.69) is 77.7 Å². The van der Waals surface area contributed by atoms with Gasteiger partial charge in [-0.05, 0) is 61.2 Å². The maximum Gasteiger partial charge on any atom is 0.0117 e. The van der Waals surface area contributed by atoms with E-state index in [1.165, 1.54) is 25.7 Å². The molecule has 0 amide bonds. The van der Waals surface area contributed by atoms with Crippen LogP contribution in [0.1, 0.15) is 80.1 Å². The molecular formula is C24H40. The van der Waals surface area contributed by atoms with Gasteiger partial charge in [-0.25, -0.2) is 0 Å². The van der Waals surface area contributed by atoms with Crippen molar-refractivity contribution in [2.24, 2.45) is 35.5 Å². The quantitative estimate of drug-likeness (QED) is 0.324. The minimum absolute atomic E-state index is 0.830. The number of allylic oxidation sites excluding steroid dienone is 4. The second-order valence-corrected chi connectivity index (χ2v) is 8.51. The minimum atomic E-state index is 0.830. The average molecular weight is 329 g/mol. The van der Waals surface area contributed by atoms with E-state index in [4.69, 9.17) is 0 Å². The number of hydrogen-bond acceptors (Lipinski definition) is 0. The summed E-state index contributed by atoms with van der Waals surface area (Å²) >= 11 is 0. The molecule has 0 nitrogen and oxygen atoms in total. The molecule has 6 atom stereocenters. The van der Waals surface area contributed by atoms with Crippen molar-refractivity contribution in [3.05, 3.63) is 24.3 Å². The molecule has 0 radical (unpaired) electrons. The van der Waals surface area contributed by atoms with Gasteiger partial charge in [0.15, 0.2) is 0 Å². The molecule has 136 valence electrons. The lowest BCUT2D eigenvalue weighted by molar-refractivity contribution is 0.380. The van der Waals surface area contributed by atoms with Crippen molar-refractivity contribution < 1.29 is 0 Å². The van der Waals surface area contributed by atoms with Gasteiger partial charge in [-0.15, -0.1) is 11.8 Å². The Morgan fingerprint density at radius 2 is 0.708 bits per heavy atom. The second kappa shape index (κ2) is 11.6. The molecule has 0 fully saturated rings. The van der Waals surface area contributed by atoms with Gasteiger partial charge >= 0.3 is 0 Å². The first kappa shape index (κ1) is 21.1. The van der Waals surface area contributed by atoms with Crippen LogP contribution in [-0.2, 0) is 0 Å². The summed E-state index contributed by atoms with van der Waals surface area (Å²) in [4.78, 5) is 0. The number of rotatable bonds is 0. The van der Waals surface area contributed by atoms with Crippen molar-refractivity contribution in [1.82, 2.24) is 0 Å². The molecule has 3 rings (SSSR count). The summed E-state index contributed by atoms with van der Waals surface area (Å²) in [5, 5.41) is 0. The van der Waals surface area contributed by atoms with Crippen LogP contribution in [0.25, 0.3) is 0 Å². The van der Waals surface area contributed by atoms with E-state index in [0.29, 0.717) is 0 Å². The van der Waals surface area contributed by atoms with Gasteiger partial charge < -0.3 is 0 Å². The second-order valence-electron chi connectivity index (χ2n) is 8.51. The van der Waals surface area contributed by atoms with Crippen LogP contribution in [0.5, 0.6) is 0 Å². The smallest absolute Gasteiger partial charge is 0.0117 e. The zero-order valence-corrected chi connectivity index (χ0v) is 17.0. The van der Waals surface area contributed by atoms with Gasteiger partial charge in [0, 0.05) is 12.8 Å². The van der Waals surface area contributed by atoms with Crippen LogP contribution in [0, 0.1) is 47.3 Å². The van der Waals surface area contributed by atoms with E-state index in [1.807, 2.05) is 0 Å². The lowest BCUT2D eigenvalue weighted by Crippen LogP contribution is -2.08. The van der Waals surface area contributed by atoms with Gasteiger partial charge in [-0.3, -0.25) is 0 Å². The van der Waals surface area contributed by atoms with Gasteiger partial charge in [0.1, 0.15) is 0 Å². The number of hydrogen-bond donors (Lipinski definition) is 0. The van der Waals surface area contributed by atoms with Crippen LogP contribution in [0.15, 0.2) is 24.3 Å². The molecule has 0 heteroatoms. The first-order valence-electron chi connectivity index (χ1n) is 10.2. The summed E-state index contributed by atoms with van der Waals surface area (Å²) in [6.45, 7) is 13.9.